The number of benzene rings is 1. The summed E-state index contributed by atoms with van der Waals surface area (Å²) < 4.78 is 0. The van der Waals surface area contributed by atoms with Crippen molar-refractivity contribution in [3.63, 3.8) is 0 Å². The van der Waals surface area contributed by atoms with Crippen molar-refractivity contribution in [1.29, 1.82) is 0 Å². The normalized spacial score (nSPS) is 37.6. The summed E-state index contributed by atoms with van der Waals surface area (Å²) in [6.45, 7) is 0. The Labute approximate surface area is 142 Å². The van der Waals surface area contributed by atoms with Crippen molar-refractivity contribution in [2.45, 2.75) is 32.3 Å². The van der Waals surface area contributed by atoms with Crippen molar-refractivity contribution in [2.24, 2.45) is 0 Å². The fourth-order valence-electron chi connectivity index (χ4n) is 1.44. The second-order valence-corrected chi connectivity index (χ2v) is 6.84. The average Bonchev–Trinajstić information content (AvgIpc) is 2.43. The Balaban J connectivity index is 0.000000392. The minimum absolute atomic E-state index is 0. The van der Waals surface area contributed by atoms with E-state index in [1.165, 1.54) is 0 Å². The van der Waals surface area contributed by atoms with E-state index in [0.717, 1.165) is 0 Å². The lowest BCUT2D eigenvalue weighted by molar-refractivity contribution is 0.544. The van der Waals surface area contributed by atoms with E-state index in [-0.39, 0.29) is 4.70 Å². The maximum absolute atomic E-state index is 5.88. The molecule has 0 N–H and O–H groups in total. The van der Waals surface area contributed by atoms with Crippen LogP contribution in [0.25, 0.3) is 0 Å². The van der Waals surface area contributed by atoms with E-state index >= 15 is 0 Å². The molecule has 0 unspecified atom stereocenters. The van der Waals surface area contributed by atoms with Gasteiger partial charge in [0.25, 0.3) is 0 Å². The molecule has 0 aromatic heterocycles. The Bertz CT molecular complexity index is 253. The highest BCUT2D eigenvalue weighted by molar-refractivity contribution is 6.45. The van der Waals surface area contributed by atoms with E-state index in [1.807, 2.05) is 36.4 Å². The Hall–Kier alpha value is 0.890. The zero-order valence-electron chi connectivity index (χ0n) is 9.60. The van der Waals surface area contributed by atoms with Crippen LogP contribution in [0.2, 0.25) is 0 Å². The van der Waals surface area contributed by atoms with Gasteiger partial charge in [-0.15, -0.1) is 69.6 Å². The zero-order chi connectivity index (χ0) is 13.7. The van der Waals surface area contributed by atoms with Crippen molar-refractivity contribution in [1.82, 2.24) is 0 Å². The molecular weight excluding hydrogens is 376 g/mol. The molecular formula is C12H13Cl6F. The van der Waals surface area contributed by atoms with Gasteiger partial charge in [-0.25, -0.2) is 0 Å². The van der Waals surface area contributed by atoms with Crippen LogP contribution in [0.3, 0.4) is 0 Å². The van der Waals surface area contributed by atoms with Crippen molar-refractivity contribution in [3.8, 4) is 0 Å². The summed E-state index contributed by atoms with van der Waals surface area (Å²) in [6, 6.07) is 12.0. The molecule has 1 fully saturated rings. The lowest BCUT2D eigenvalue weighted by atomic mass is 9.97. The van der Waals surface area contributed by atoms with Gasteiger partial charge < -0.3 is 0 Å². The van der Waals surface area contributed by atoms with Crippen LogP contribution in [-0.4, -0.2) is 32.3 Å². The number of hydrogen-bond donors (Lipinski definition) is 0. The zero-order valence-corrected chi connectivity index (χ0v) is 14.1. The first kappa shape index (κ1) is 19.9. The van der Waals surface area contributed by atoms with Crippen molar-refractivity contribution in [2.75, 3.05) is 0 Å². The van der Waals surface area contributed by atoms with E-state index in [2.05, 4.69) is 0 Å². The smallest absolute Gasteiger partial charge is 0.0693 e. The highest BCUT2D eigenvalue weighted by Gasteiger charge is 2.46. The number of rotatable bonds is 0. The summed E-state index contributed by atoms with van der Waals surface area (Å²) in [4.78, 5) is 0. The van der Waals surface area contributed by atoms with Gasteiger partial charge >= 0.3 is 0 Å². The van der Waals surface area contributed by atoms with E-state index in [9.17, 15) is 0 Å². The molecule has 0 radical (unpaired) electrons. The van der Waals surface area contributed by atoms with Crippen LogP contribution in [0.5, 0.6) is 0 Å². The predicted molar refractivity (Wildman–Crippen MR) is 86.8 cm³/mol. The molecule has 0 aliphatic heterocycles. The Morgan fingerprint density at radius 3 is 0.579 bits per heavy atom. The Kier molecular flexibility index (Phi) is 10.2. The minimum Gasteiger partial charge on any atom is -0.269 e. The van der Waals surface area contributed by atoms with E-state index < -0.39 is 32.3 Å². The molecule has 0 atom stereocenters. The van der Waals surface area contributed by atoms with Gasteiger partial charge in [0.05, 0.1) is 32.3 Å². The van der Waals surface area contributed by atoms with Crippen molar-refractivity contribution >= 4 is 69.6 Å². The van der Waals surface area contributed by atoms with Gasteiger partial charge in [-0.05, 0) is 0 Å². The van der Waals surface area contributed by atoms with Gasteiger partial charge in [-0.2, -0.15) is 0 Å². The predicted octanol–water partition coefficient (Wildman–Crippen LogP) is 5.48. The fourth-order valence-corrected chi connectivity index (χ4v) is 3.77. The molecule has 1 aromatic carbocycles. The third-order valence-corrected chi connectivity index (χ3v) is 6.52. The van der Waals surface area contributed by atoms with E-state index in [1.54, 1.807) is 0 Å². The monoisotopic (exact) mass is 386 g/mol. The molecule has 0 spiro atoms. The molecule has 0 nitrogen and oxygen atoms in total. The fraction of sp³-hybridized carbons (Fsp3) is 0.500. The third kappa shape index (κ3) is 5.65. The molecule has 1 aliphatic carbocycles. The summed E-state index contributed by atoms with van der Waals surface area (Å²) in [6.07, 6.45) is 0. The molecule has 110 valence electrons. The Morgan fingerprint density at radius 2 is 0.474 bits per heavy atom. The molecule has 0 amide bonds. The van der Waals surface area contributed by atoms with E-state index in [0.29, 0.717) is 0 Å². The van der Waals surface area contributed by atoms with Crippen LogP contribution in [0, 0.1) is 0 Å². The van der Waals surface area contributed by atoms with Crippen LogP contribution in [0.1, 0.15) is 0 Å². The topological polar surface area (TPSA) is 0 Å². The van der Waals surface area contributed by atoms with E-state index in [4.69, 9.17) is 69.6 Å². The summed E-state index contributed by atoms with van der Waals surface area (Å²) in [5, 5.41) is -2.62. The molecule has 1 aromatic rings. The molecule has 1 saturated carbocycles. The molecule has 0 bridgehead atoms. The molecule has 0 heterocycles. The lowest BCUT2D eigenvalue weighted by Crippen LogP contribution is -2.52. The molecule has 2 rings (SSSR count). The molecule has 7 heteroatoms. The maximum atomic E-state index is 5.88. The lowest BCUT2D eigenvalue weighted by Gasteiger charge is -2.37. The number of halogens is 7. The van der Waals surface area contributed by atoms with Crippen molar-refractivity contribution in [3.05, 3.63) is 36.4 Å². The number of hydrogen-bond acceptors (Lipinski definition) is 0. The van der Waals surface area contributed by atoms with Gasteiger partial charge in [0.15, 0.2) is 0 Å². The van der Waals surface area contributed by atoms with Crippen LogP contribution in [-0.2, 0) is 0 Å². The second kappa shape index (κ2) is 9.76. The molecule has 1 aliphatic rings. The second-order valence-electron chi connectivity index (χ2n) is 3.82. The van der Waals surface area contributed by atoms with Gasteiger partial charge in [0.2, 0.25) is 0 Å². The molecule has 0 saturated heterocycles. The first-order valence-corrected chi connectivity index (χ1v) is 7.93. The van der Waals surface area contributed by atoms with Crippen LogP contribution in [0.15, 0.2) is 36.4 Å². The largest absolute Gasteiger partial charge is 0.269 e. The summed E-state index contributed by atoms with van der Waals surface area (Å²) in [5.74, 6) is 0. The highest BCUT2D eigenvalue weighted by Crippen LogP contribution is 2.39. The summed E-state index contributed by atoms with van der Waals surface area (Å²) in [5.41, 5.74) is 0. The van der Waals surface area contributed by atoms with Crippen LogP contribution in [0.4, 0.5) is 4.70 Å². The maximum Gasteiger partial charge on any atom is 0.0693 e. The van der Waals surface area contributed by atoms with Gasteiger partial charge in [-0.1, -0.05) is 36.4 Å². The summed E-state index contributed by atoms with van der Waals surface area (Å²) in [7, 11) is 0. The van der Waals surface area contributed by atoms with Crippen molar-refractivity contribution < 1.29 is 4.70 Å². The van der Waals surface area contributed by atoms with Gasteiger partial charge in [-0.3, -0.25) is 4.70 Å². The first-order chi connectivity index (χ1) is 8.46. The standard InChI is InChI=1S/C6H6Cl6.C6H6.FH/c7-1-2(8)4(10)6(12)5(11)3(1)9;1-2-4-6-5-3-1;/h1-6H;1-6H;1H/t1-,2-,3-,4+,5+,6+;;. The highest BCUT2D eigenvalue weighted by atomic mass is 35.5. The first-order valence-electron chi connectivity index (χ1n) is 5.31. The van der Waals surface area contributed by atoms with Gasteiger partial charge in [0, 0.05) is 0 Å². The molecule has 19 heavy (non-hydrogen) atoms. The SMILES string of the molecule is Cl[C@H]1[C@H](Cl)[C@@H](Cl)[C@@H](Cl)[C@H](Cl)[C@H]1Cl.F.c1ccccc1. The van der Waals surface area contributed by atoms with Crippen LogP contribution >= 0.6 is 69.6 Å². The third-order valence-electron chi connectivity index (χ3n) is 2.49. The average molecular weight is 389 g/mol. The number of alkyl halides is 6. The Morgan fingerprint density at radius 1 is 0.368 bits per heavy atom. The quantitative estimate of drug-likeness (QED) is 0.516. The summed E-state index contributed by atoms with van der Waals surface area (Å²) >= 11 is 35.3. The minimum atomic E-state index is -0.437. The van der Waals surface area contributed by atoms with Crippen LogP contribution < -0.4 is 0 Å². The van der Waals surface area contributed by atoms with Gasteiger partial charge in [0.1, 0.15) is 0 Å².